The molecular formula is C9H20N2O7S2. The Kier molecular flexibility index (Phi) is 5.35. The summed E-state index contributed by atoms with van der Waals surface area (Å²) in [5.74, 6) is -2.35. The molecule has 20 heavy (non-hydrogen) atoms. The van der Waals surface area contributed by atoms with Gasteiger partial charge in [-0.3, -0.25) is 4.79 Å². The molecule has 0 saturated heterocycles. The van der Waals surface area contributed by atoms with Gasteiger partial charge in [0.15, 0.2) is 0 Å². The molecule has 9 nitrogen and oxygen atoms in total. The molecule has 0 aliphatic carbocycles. The Morgan fingerprint density at radius 3 is 1.90 bits per heavy atom. The first-order valence-corrected chi connectivity index (χ1v) is 8.46. The summed E-state index contributed by atoms with van der Waals surface area (Å²) in [7, 11) is -9.28. The fourth-order valence-corrected chi connectivity index (χ4v) is 4.47. The minimum Gasteiger partial charge on any atom is -0.480 e. The van der Waals surface area contributed by atoms with E-state index in [1.165, 1.54) is 13.8 Å². The third-order valence-electron chi connectivity index (χ3n) is 2.40. The van der Waals surface area contributed by atoms with Crippen molar-refractivity contribution in [3.8, 4) is 0 Å². The molecule has 5 N–H and O–H groups in total. The van der Waals surface area contributed by atoms with Crippen LogP contribution in [0.4, 0.5) is 0 Å². The predicted octanol–water partition coefficient (Wildman–Crippen LogP) is -1.41. The van der Waals surface area contributed by atoms with Crippen LogP contribution in [0.1, 0.15) is 27.7 Å². The van der Waals surface area contributed by atoms with Crippen LogP contribution in [0.2, 0.25) is 0 Å². The second-order valence-electron chi connectivity index (χ2n) is 5.63. The van der Waals surface area contributed by atoms with E-state index >= 15 is 0 Å². The maximum absolute atomic E-state index is 11.9. The van der Waals surface area contributed by atoms with Gasteiger partial charge in [0.05, 0.1) is 5.75 Å². The molecule has 0 heterocycles. The fraction of sp³-hybridized carbons (Fsp3) is 0.889. The number of carbonyl (C=O) groups is 1. The van der Waals surface area contributed by atoms with Crippen molar-refractivity contribution in [1.82, 2.24) is 0 Å². The molecule has 0 spiro atoms. The summed E-state index contributed by atoms with van der Waals surface area (Å²) >= 11 is 0. The Hall–Kier alpha value is -0.750. The summed E-state index contributed by atoms with van der Waals surface area (Å²) in [6, 6.07) is -1.85. The zero-order valence-corrected chi connectivity index (χ0v) is 13.3. The van der Waals surface area contributed by atoms with Gasteiger partial charge < -0.3 is 16.6 Å². The first-order chi connectivity index (χ1) is 8.52. The molecule has 0 aliphatic heterocycles. The molecule has 120 valence electrons. The Balaban J connectivity index is 5.44. The van der Waals surface area contributed by atoms with E-state index in [0.29, 0.717) is 0 Å². The van der Waals surface area contributed by atoms with Gasteiger partial charge in [0.1, 0.15) is 10.8 Å². The zero-order valence-electron chi connectivity index (χ0n) is 11.7. The predicted molar refractivity (Wildman–Crippen MR) is 71.7 cm³/mol. The topological polar surface area (TPSA) is 167 Å². The average Bonchev–Trinajstić information content (AvgIpc) is 2.09. The molecule has 0 amide bonds. The van der Waals surface area contributed by atoms with E-state index < -0.39 is 48.3 Å². The molecular weight excluding hydrogens is 312 g/mol. The van der Waals surface area contributed by atoms with E-state index in [9.17, 15) is 21.6 Å². The van der Waals surface area contributed by atoms with Gasteiger partial charge >= 0.3 is 5.97 Å². The Morgan fingerprint density at radius 1 is 1.20 bits per heavy atom. The van der Waals surface area contributed by atoms with E-state index in [0.717, 1.165) is 13.8 Å². The number of rotatable bonds is 7. The van der Waals surface area contributed by atoms with Gasteiger partial charge in [-0.1, -0.05) is 0 Å². The SMILES string of the molecule is CC(C)(N)CS(=O)(=O)OS(=O)(=O)C(C)(C)C(N)C(=O)O. The maximum atomic E-state index is 11.9. The van der Waals surface area contributed by atoms with Crippen molar-refractivity contribution in [2.24, 2.45) is 11.5 Å². The largest absolute Gasteiger partial charge is 0.480 e. The van der Waals surface area contributed by atoms with Gasteiger partial charge in [-0.2, -0.15) is 16.8 Å². The van der Waals surface area contributed by atoms with E-state index in [1.54, 1.807) is 0 Å². The summed E-state index contributed by atoms with van der Waals surface area (Å²) in [6.07, 6.45) is 0. The highest BCUT2D eigenvalue weighted by Gasteiger charge is 2.47. The lowest BCUT2D eigenvalue weighted by Crippen LogP contribution is -2.55. The summed E-state index contributed by atoms with van der Waals surface area (Å²) in [5.41, 5.74) is 9.52. The molecule has 1 unspecified atom stereocenters. The van der Waals surface area contributed by atoms with Crippen molar-refractivity contribution >= 4 is 26.2 Å². The summed E-state index contributed by atoms with van der Waals surface area (Å²) in [5, 5.41) is 8.75. The van der Waals surface area contributed by atoms with Crippen molar-refractivity contribution < 1.29 is 30.4 Å². The van der Waals surface area contributed by atoms with Crippen molar-refractivity contribution in [1.29, 1.82) is 0 Å². The third kappa shape index (κ3) is 4.98. The Labute approximate surface area is 118 Å². The van der Waals surface area contributed by atoms with Crippen LogP contribution < -0.4 is 11.5 Å². The van der Waals surface area contributed by atoms with Crippen LogP contribution in [0.5, 0.6) is 0 Å². The molecule has 11 heteroatoms. The van der Waals surface area contributed by atoms with Gasteiger partial charge in [0.25, 0.3) is 20.2 Å². The molecule has 0 fully saturated rings. The monoisotopic (exact) mass is 332 g/mol. The van der Waals surface area contributed by atoms with E-state index in [-0.39, 0.29) is 0 Å². The van der Waals surface area contributed by atoms with Gasteiger partial charge in [-0.25, -0.2) is 0 Å². The normalized spacial score (nSPS) is 15.9. The van der Waals surface area contributed by atoms with Gasteiger partial charge in [0, 0.05) is 5.54 Å². The van der Waals surface area contributed by atoms with Crippen LogP contribution in [0.25, 0.3) is 0 Å². The third-order valence-corrected chi connectivity index (χ3v) is 6.59. The Bertz CT molecular complexity index is 572. The molecule has 0 aromatic carbocycles. The van der Waals surface area contributed by atoms with Crippen LogP contribution >= 0.6 is 0 Å². The summed E-state index contributed by atoms with van der Waals surface area (Å²) in [4.78, 5) is 10.8. The number of carboxylic acids is 1. The van der Waals surface area contributed by atoms with E-state index in [1.807, 2.05) is 0 Å². The summed E-state index contributed by atoms with van der Waals surface area (Å²) < 4.78 is 49.1. The smallest absolute Gasteiger partial charge is 0.322 e. The molecule has 0 saturated carbocycles. The highest BCUT2D eigenvalue weighted by atomic mass is 32.3. The lowest BCUT2D eigenvalue weighted by Gasteiger charge is -2.27. The van der Waals surface area contributed by atoms with Crippen LogP contribution in [-0.2, 0) is 28.7 Å². The number of aliphatic carboxylic acids is 1. The lowest BCUT2D eigenvalue weighted by atomic mass is 10.1. The number of hydrogen-bond acceptors (Lipinski definition) is 8. The fourth-order valence-electron chi connectivity index (χ4n) is 1.16. The van der Waals surface area contributed by atoms with E-state index in [4.69, 9.17) is 16.6 Å². The highest BCUT2D eigenvalue weighted by Crippen LogP contribution is 2.24. The van der Waals surface area contributed by atoms with Crippen molar-refractivity contribution in [2.45, 2.75) is 44.0 Å². The van der Waals surface area contributed by atoms with Gasteiger partial charge in [-0.05, 0) is 27.7 Å². The van der Waals surface area contributed by atoms with Crippen LogP contribution in [0, 0.1) is 0 Å². The van der Waals surface area contributed by atoms with Crippen LogP contribution in [0.15, 0.2) is 0 Å². The molecule has 0 bridgehead atoms. The number of carboxylic acid groups (broad SMARTS) is 1. The molecule has 0 rings (SSSR count). The van der Waals surface area contributed by atoms with Gasteiger partial charge in [0.2, 0.25) is 0 Å². The van der Waals surface area contributed by atoms with Crippen molar-refractivity contribution in [3.05, 3.63) is 0 Å². The maximum Gasteiger partial charge on any atom is 0.322 e. The zero-order chi connectivity index (χ0) is 16.6. The first-order valence-electron chi connectivity index (χ1n) is 5.47. The van der Waals surface area contributed by atoms with Gasteiger partial charge in [-0.15, -0.1) is 3.63 Å². The molecule has 0 radical (unpaired) electrons. The minimum absolute atomic E-state index is 0.752. The second-order valence-corrected chi connectivity index (χ2v) is 9.54. The average molecular weight is 332 g/mol. The minimum atomic E-state index is -4.78. The van der Waals surface area contributed by atoms with Crippen molar-refractivity contribution in [2.75, 3.05) is 5.75 Å². The highest BCUT2D eigenvalue weighted by molar-refractivity contribution is 8.00. The van der Waals surface area contributed by atoms with Crippen LogP contribution in [0.3, 0.4) is 0 Å². The molecule has 0 aliphatic rings. The van der Waals surface area contributed by atoms with E-state index in [2.05, 4.69) is 3.63 Å². The Morgan fingerprint density at radius 2 is 1.60 bits per heavy atom. The molecule has 0 aromatic rings. The van der Waals surface area contributed by atoms with Crippen molar-refractivity contribution in [3.63, 3.8) is 0 Å². The second kappa shape index (κ2) is 5.56. The summed E-state index contributed by atoms with van der Waals surface area (Å²) in [6.45, 7) is 4.66. The number of hydrogen-bond donors (Lipinski definition) is 3. The van der Waals surface area contributed by atoms with Crippen LogP contribution in [-0.4, -0.2) is 50.0 Å². The molecule has 1 atom stereocenters. The lowest BCUT2D eigenvalue weighted by molar-refractivity contribution is -0.139. The molecule has 0 aromatic heterocycles. The first kappa shape index (κ1) is 19.2. The number of nitrogens with two attached hydrogens (primary N) is 2. The quantitative estimate of drug-likeness (QED) is 0.507. The standard InChI is InChI=1S/C9H20N2O7S2/c1-8(2,11)5-19(14,15)18-20(16,17)9(3,4)6(10)7(12)13/h6H,5,10-11H2,1-4H3,(H,12,13).